The minimum atomic E-state index is -0.325. The van der Waals surface area contributed by atoms with Crippen molar-refractivity contribution < 1.29 is 9.53 Å². The molecule has 2 aromatic heterocycles. The average Bonchev–Trinajstić information content (AvgIpc) is 3.30. The van der Waals surface area contributed by atoms with Crippen LogP contribution in [0.3, 0.4) is 0 Å². The standard InChI is InChI=1S/C18H21N5O2S2/c1-4-23-15(11-25-14-8-6-5-7-12(14)2)21-22-18(23)27-13(3)16(24)20-17-19-9-10-26-17/h5-10,13H,4,11H2,1-3H3,(H,19,20,24)/t13-/m1/s1. The molecule has 142 valence electrons. The lowest BCUT2D eigenvalue weighted by Crippen LogP contribution is -2.23. The van der Waals surface area contributed by atoms with E-state index in [1.807, 2.05) is 55.0 Å². The van der Waals surface area contributed by atoms with Gasteiger partial charge in [0.2, 0.25) is 5.91 Å². The second kappa shape index (κ2) is 9.01. The van der Waals surface area contributed by atoms with Crippen molar-refractivity contribution in [3.8, 4) is 5.75 Å². The molecule has 1 aromatic carbocycles. The number of ether oxygens (including phenoxy) is 1. The molecule has 3 rings (SSSR count). The number of hydrogen-bond donors (Lipinski definition) is 1. The van der Waals surface area contributed by atoms with Crippen molar-refractivity contribution in [2.75, 3.05) is 5.32 Å². The van der Waals surface area contributed by atoms with Gasteiger partial charge in [-0.05, 0) is 32.4 Å². The molecule has 0 bridgehead atoms. The Bertz CT molecular complexity index is 895. The lowest BCUT2D eigenvalue weighted by atomic mass is 10.2. The highest BCUT2D eigenvalue weighted by atomic mass is 32.2. The number of anilines is 1. The predicted octanol–water partition coefficient (Wildman–Crippen LogP) is 3.76. The van der Waals surface area contributed by atoms with E-state index in [9.17, 15) is 4.79 Å². The summed E-state index contributed by atoms with van der Waals surface area (Å²) in [5, 5.41) is 14.1. The number of benzene rings is 1. The molecular weight excluding hydrogens is 382 g/mol. The van der Waals surface area contributed by atoms with Crippen molar-refractivity contribution in [3.63, 3.8) is 0 Å². The molecule has 0 saturated carbocycles. The Morgan fingerprint density at radius 2 is 2.19 bits per heavy atom. The van der Waals surface area contributed by atoms with Gasteiger partial charge in [-0.3, -0.25) is 4.79 Å². The number of carbonyl (C=O) groups excluding carboxylic acids is 1. The number of aryl methyl sites for hydroxylation is 1. The van der Waals surface area contributed by atoms with E-state index in [2.05, 4.69) is 20.5 Å². The Balaban J connectivity index is 1.64. The Labute approximate surface area is 166 Å². The number of nitrogens with zero attached hydrogens (tertiary/aromatic N) is 4. The van der Waals surface area contributed by atoms with Gasteiger partial charge < -0.3 is 14.6 Å². The van der Waals surface area contributed by atoms with Crippen molar-refractivity contribution >= 4 is 34.1 Å². The molecule has 0 aliphatic rings. The maximum Gasteiger partial charge on any atom is 0.239 e. The monoisotopic (exact) mass is 403 g/mol. The summed E-state index contributed by atoms with van der Waals surface area (Å²) in [6.07, 6.45) is 1.66. The van der Waals surface area contributed by atoms with Gasteiger partial charge in [-0.1, -0.05) is 30.0 Å². The van der Waals surface area contributed by atoms with E-state index in [0.717, 1.165) is 17.1 Å². The Morgan fingerprint density at radius 1 is 1.37 bits per heavy atom. The summed E-state index contributed by atoms with van der Waals surface area (Å²) in [6.45, 7) is 6.88. The number of hydrogen-bond acceptors (Lipinski definition) is 7. The number of thiazole rings is 1. The van der Waals surface area contributed by atoms with Gasteiger partial charge in [-0.25, -0.2) is 4.98 Å². The zero-order chi connectivity index (χ0) is 19.2. The summed E-state index contributed by atoms with van der Waals surface area (Å²) in [4.78, 5) is 16.4. The Hall–Kier alpha value is -2.39. The third-order valence-electron chi connectivity index (χ3n) is 3.87. The smallest absolute Gasteiger partial charge is 0.239 e. The topological polar surface area (TPSA) is 81.9 Å². The summed E-state index contributed by atoms with van der Waals surface area (Å²) in [6, 6.07) is 7.85. The Kier molecular flexibility index (Phi) is 6.46. The quantitative estimate of drug-likeness (QED) is 0.577. The highest BCUT2D eigenvalue weighted by Gasteiger charge is 2.20. The van der Waals surface area contributed by atoms with Gasteiger partial charge in [0.25, 0.3) is 0 Å². The number of nitrogens with one attached hydrogen (secondary N) is 1. The minimum Gasteiger partial charge on any atom is -0.485 e. The fourth-order valence-corrected chi connectivity index (χ4v) is 3.86. The van der Waals surface area contributed by atoms with Crippen LogP contribution in [0.25, 0.3) is 0 Å². The molecule has 0 fully saturated rings. The van der Waals surface area contributed by atoms with Crippen molar-refractivity contribution in [2.45, 2.75) is 44.3 Å². The zero-order valence-electron chi connectivity index (χ0n) is 15.4. The molecule has 2 heterocycles. The molecule has 1 atom stereocenters. The van der Waals surface area contributed by atoms with Crippen LogP contribution in [0.15, 0.2) is 41.0 Å². The second-order valence-electron chi connectivity index (χ2n) is 5.78. The van der Waals surface area contributed by atoms with E-state index in [-0.39, 0.29) is 11.2 Å². The van der Waals surface area contributed by atoms with E-state index in [1.165, 1.54) is 23.1 Å². The van der Waals surface area contributed by atoms with Crippen LogP contribution in [-0.2, 0) is 17.9 Å². The number of amides is 1. The van der Waals surface area contributed by atoms with E-state index in [4.69, 9.17) is 4.74 Å². The molecule has 3 aromatic rings. The molecule has 0 aliphatic carbocycles. The van der Waals surface area contributed by atoms with E-state index in [0.29, 0.717) is 23.4 Å². The van der Waals surface area contributed by atoms with Gasteiger partial charge in [0.1, 0.15) is 12.4 Å². The van der Waals surface area contributed by atoms with Crippen molar-refractivity contribution in [1.29, 1.82) is 0 Å². The number of rotatable bonds is 8. The van der Waals surface area contributed by atoms with Crippen LogP contribution in [0.2, 0.25) is 0 Å². The van der Waals surface area contributed by atoms with Crippen molar-refractivity contribution in [1.82, 2.24) is 19.7 Å². The number of carbonyl (C=O) groups is 1. The molecule has 0 radical (unpaired) electrons. The van der Waals surface area contributed by atoms with Gasteiger partial charge in [-0.2, -0.15) is 0 Å². The molecule has 7 nitrogen and oxygen atoms in total. The fraction of sp³-hybridized carbons (Fsp3) is 0.333. The van der Waals surface area contributed by atoms with Crippen LogP contribution in [0.1, 0.15) is 25.2 Å². The second-order valence-corrected chi connectivity index (χ2v) is 7.99. The van der Waals surface area contributed by atoms with Gasteiger partial charge in [-0.15, -0.1) is 21.5 Å². The summed E-state index contributed by atoms with van der Waals surface area (Å²) in [5.41, 5.74) is 1.07. The average molecular weight is 404 g/mol. The molecule has 1 amide bonds. The maximum absolute atomic E-state index is 12.3. The molecule has 0 aliphatic heterocycles. The van der Waals surface area contributed by atoms with Crippen LogP contribution in [0.5, 0.6) is 5.75 Å². The van der Waals surface area contributed by atoms with Crippen LogP contribution in [0, 0.1) is 6.92 Å². The number of para-hydroxylation sites is 1. The Morgan fingerprint density at radius 3 is 2.89 bits per heavy atom. The molecular formula is C18H21N5O2S2. The van der Waals surface area contributed by atoms with Gasteiger partial charge in [0, 0.05) is 18.1 Å². The molecule has 9 heteroatoms. The first-order valence-corrected chi connectivity index (χ1v) is 10.3. The first-order valence-electron chi connectivity index (χ1n) is 8.56. The largest absolute Gasteiger partial charge is 0.485 e. The predicted molar refractivity (Wildman–Crippen MR) is 107 cm³/mol. The van der Waals surface area contributed by atoms with Gasteiger partial charge in [0.05, 0.1) is 5.25 Å². The summed E-state index contributed by atoms with van der Waals surface area (Å²) < 4.78 is 7.85. The molecule has 0 spiro atoms. The zero-order valence-corrected chi connectivity index (χ0v) is 17.0. The lowest BCUT2D eigenvalue weighted by Gasteiger charge is -2.12. The van der Waals surface area contributed by atoms with Crippen LogP contribution >= 0.6 is 23.1 Å². The molecule has 0 saturated heterocycles. The summed E-state index contributed by atoms with van der Waals surface area (Å²) in [5.74, 6) is 1.45. The van der Waals surface area contributed by atoms with E-state index < -0.39 is 0 Å². The SMILES string of the molecule is CCn1c(COc2ccccc2C)nnc1S[C@H](C)C(=O)Nc1nccs1. The van der Waals surface area contributed by atoms with Crippen LogP contribution in [0.4, 0.5) is 5.13 Å². The first kappa shape index (κ1) is 19.4. The van der Waals surface area contributed by atoms with Crippen molar-refractivity contribution in [3.05, 3.63) is 47.2 Å². The fourth-order valence-electron chi connectivity index (χ4n) is 2.40. The molecule has 0 unspecified atom stereocenters. The van der Waals surface area contributed by atoms with Crippen LogP contribution < -0.4 is 10.1 Å². The van der Waals surface area contributed by atoms with Crippen molar-refractivity contribution in [2.24, 2.45) is 0 Å². The first-order chi connectivity index (χ1) is 13.1. The van der Waals surface area contributed by atoms with E-state index >= 15 is 0 Å². The lowest BCUT2D eigenvalue weighted by molar-refractivity contribution is -0.115. The van der Waals surface area contributed by atoms with E-state index in [1.54, 1.807) is 6.20 Å². The summed E-state index contributed by atoms with van der Waals surface area (Å²) in [7, 11) is 0. The third kappa shape index (κ3) is 4.86. The highest BCUT2D eigenvalue weighted by molar-refractivity contribution is 8.00. The normalized spacial score (nSPS) is 12.0. The number of aromatic nitrogens is 4. The molecule has 27 heavy (non-hydrogen) atoms. The number of thioether (sulfide) groups is 1. The minimum absolute atomic E-state index is 0.113. The highest BCUT2D eigenvalue weighted by Crippen LogP contribution is 2.25. The van der Waals surface area contributed by atoms with Gasteiger partial charge >= 0.3 is 0 Å². The van der Waals surface area contributed by atoms with Crippen LogP contribution in [-0.4, -0.2) is 30.9 Å². The summed E-state index contributed by atoms with van der Waals surface area (Å²) >= 11 is 2.76. The third-order valence-corrected chi connectivity index (χ3v) is 5.64. The van der Waals surface area contributed by atoms with Gasteiger partial charge in [0.15, 0.2) is 16.1 Å². The maximum atomic E-state index is 12.3. The molecule has 1 N–H and O–H groups in total.